The zero-order chi connectivity index (χ0) is 12.4. The molecule has 0 spiro atoms. The third-order valence-corrected chi connectivity index (χ3v) is 3.10. The molecule has 92 valence electrons. The SMILES string of the molecule is Cc1cc(Br)cc(C(=O)O)c1OC1CCOC1. The summed E-state index contributed by atoms with van der Waals surface area (Å²) in [4.78, 5) is 11.2. The maximum atomic E-state index is 11.2. The van der Waals surface area contributed by atoms with Crippen LogP contribution < -0.4 is 4.74 Å². The molecule has 0 aliphatic carbocycles. The molecule has 1 aliphatic rings. The summed E-state index contributed by atoms with van der Waals surface area (Å²) in [6.07, 6.45) is 0.752. The van der Waals surface area contributed by atoms with Crippen molar-refractivity contribution in [3.8, 4) is 5.75 Å². The predicted molar refractivity (Wildman–Crippen MR) is 65.7 cm³/mol. The normalized spacial score (nSPS) is 19.3. The van der Waals surface area contributed by atoms with E-state index in [9.17, 15) is 4.79 Å². The quantitative estimate of drug-likeness (QED) is 0.932. The van der Waals surface area contributed by atoms with E-state index in [1.54, 1.807) is 6.07 Å². The smallest absolute Gasteiger partial charge is 0.339 e. The topological polar surface area (TPSA) is 55.8 Å². The summed E-state index contributed by atoms with van der Waals surface area (Å²) < 4.78 is 11.7. The fourth-order valence-corrected chi connectivity index (χ4v) is 2.39. The first-order valence-electron chi connectivity index (χ1n) is 5.36. The standard InChI is InChI=1S/C12H13BrO4/c1-7-4-8(13)5-10(12(14)15)11(7)17-9-2-3-16-6-9/h4-5,9H,2-3,6H2,1H3,(H,14,15). The summed E-state index contributed by atoms with van der Waals surface area (Å²) in [7, 11) is 0. The van der Waals surface area contributed by atoms with Crippen molar-refractivity contribution >= 4 is 21.9 Å². The highest BCUT2D eigenvalue weighted by atomic mass is 79.9. The van der Waals surface area contributed by atoms with Crippen molar-refractivity contribution < 1.29 is 19.4 Å². The molecule has 1 fully saturated rings. The summed E-state index contributed by atoms with van der Waals surface area (Å²) >= 11 is 3.28. The van der Waals surface area contributed by atoms with Crippen LogP contribution in [0.3, 0.4) is 0 Å². The summed E-state index contributed by atoms with van der Waals surface area (Å²) in [5.41, 5.74) is 0.993. The number of benzene rings is 1. The van der Waals surface area contributed by atoms with Crippen LogP contribution in [0.5, 0.6) is 5.75 Å². The van der Waals surface area contributed by atoms with E-state index in [0.717, 1.165) is 16.5 Å². The minimum atomic E-state index is -0.983. The minimum Gasteiger partial charge on any atom is -0.487 e. The van der Waals surface area contributed by atoms with Crippen LogP contribution in [0.25, 0.3) is 0 Å². The largest absolute Gasteiger partial charge is 0.487 e. The number of halogens is 1. The molecule has 2 rings (SSSR count). The van der Waals surface area contributed by atoms with Crippen LogP contribution in [0, 0.1) is 6.92 Å². The summed E-state index contributed by atoms with van der Waals surface area (Å²) in [5, 5.41) is 9.16. The molecule has 0 aromatic heterocycles. The lowest BCUT2D eigenvalue weighted by molar-refractivity contribution is 0.0687. The number of carboxylic acids is 1. The van der Waals surface area contributed by atoms with Crippen LogP contribution in [0.1, 0.15) is 22.3 Å². The van der Waals surface area contributed by atoms with Crippen LogP contribution in [-0.2, 0) is 4.74 Å². The van der Waals surface area contributed by atoms with Crippen LogP contribution in [0.15, 0.2) is 16.6 Å². The molecule has 1 unspecified atom stereocenters. The van der Waals surface area contributed by atoms with Gasteiger partial charge in [0.25, 0.3) is 0 Å². The van der Waals surface area contributed by atoms with Gasteiger partial charge in [0.2, 0.25) is 0 Å². The molecule has 1 aromatic rings. The third kappa shape index (κ3) is 2.79. The monoisotopic (exact) mass is 300 g/mol. The summed E-state index contributed by atoms with van der Waals surface area (Å²) in [6.45, 7) is 3.03. The van der Waals surface area contributed by atoms with Crippen LogP contribution in [0.2, 0.25) is 0 Å². The molecule has 4 nitrogen and oxygen atoms in total. The van der Waals surface area contributed by atoms with Gasteiger partial charge < -0.3 is 14.6 Å². The van der Waals surface area contributed by atoms with Gasteiger partial charge in [-0.25, -0.2) is 4.79 Å². The van der Waals surface area contributed by atoms with Gasteiger partial charge in [0, 0.05) is 10.9 Å². The predicted octanol–water partition coefficient (Wildman–Crippen LogP) is 2.62. The Morgan fingerprint density at radius 3 is 2.94 bits per heavy atom. The van der Waals surface area contributed by atoms with E-state index in [1.165, 1.54) is 0 Å². The number of aromatic carboxylic acids is 1. The highest BCUT2D eigenvalue weighted by Crippen LogP contribution is 2.30. The second kappa shape index (κ2) is 5.06. The summed E-state index contributed by atoms with van der Waals surface area (Å²) in [5.74, 6) is -0.542. The molecular formula is C12H13BrO4. The van der Waals surface area contributed by atoms with E-state index in [0.29, 0.717) is 19.0 Å². The minimum absolute atomic E-state index is 0.0482. The van der Waals surface area contributed by atoms with E-state index < -0.39 is 5.97 Å². The number of aryl methyl sites for hydroxylation is 1. The lowest BCUT2D eigenvalue weighted by Gasteiger charge is -2.16. The van der Waals surface area contributed by atoms with E-state index in [1.807, 2.05) is 13.0 Å². The molecule has 1 aliphatic heterocycles. The zero-order valence-electron chi connectivity index (χ0n) is 9.40. The first kappa shape index (κ1) is 12.4. The highest BCUT2D eigenvalue weighted by molar-refractivity contribution is 9.10. The fourth-order valence-electron chi connectivity index (χ4n) is 1.82. The zero-order valence-corrected chi connectivity index (χ0v) is 11.0. The molecule has 0 bridgehead atoms. The van der Waals surface area contributed by atoms with Gasteiger partial charge in [-0.15, -0.1) is 0 Å². The molecule has 1 aromatic carbocycles. The lowest BCUT2D eigenvalue weighted by atomic mass is 10.1. The number of carbonyl (C=O) groups is 1. The number of hydrogen-bond donors (Lipinski definition) is 1. The Morgan fingerprint density at radius 1 is 1.59 bits per heavy atom. The molecule has 5 heteroatoms. The van der Waals surface area contributed by atoms with Crippen LogP contribution >= 0.6 is 15.9 Å². The Hall–Kier alpha value is -1.07. The average Bonchev–Trinajstić information content (AvgIpc) is 2.74. The van der Waals surface area contributed by atoms with E-state index in [-0.39, 0.29) is 11.7 Å². The second-order valence-corrected chi connectivity index (χ2v) is 4.92. The Kier molecular flexibility index (Phi) is 3.69. The second-order valence-electron chi connectivity index (χ2n) is 4.01. The summed E-state index contributed by atoms with van der Waals surface area (Å²) in [6, 6.07) is 3.40. The first-order chi connectivity index (χ1) is 8.08. The maximum absolute atomic E-state index is 11.2. The van der Waals surface area contributed by atoms with Gasteiger partial charge in [0.05, 0.1) is 13.2 Å². The van der Waals surface area contributed by atoms with Crippen LogP contribution in [-0.4, -0.2) is 30.4 Å². The van der Waals surface area contributed by atoms with Crippen molar-refractivity contribution in [2.24, 2.45) is 0 Å². The number of ether oxygens (including phenoxy) is 2. The van der Waals surface area contributed by atoms with Crippen molar-refractivity contribution in [3.05, 3.63) is 27.7 Å². The van der Waals surface area contributed by atoms with Crippen molar-refractivity contribution in [2.75, 3.05) is 13.2 Å². The van der Waals surface area contributed by atoms with Crippen molar-refractivity contribution in [2.45, 2.75) is 19.4 Å². The van der Waals surface area contributed by atoms with Crippen molar-refractivity contribution in [1.29, 1.82) is 0 Å². The highest BCUT2D eigenvalue weighted by Gasteiger charge is 2.22. The van der Waals surface area contributed by atoms with Crippen LogP contribution in [0.4, 0.5) is 0 Å². The van der Waals surface area contributed by atoms with Gasteiger partial charge in [0.1, 0.15) is 17.4 Å². The molecule has 0 radical (unpaired) electrons. The molecule has 1 atom stereocenters. The molecule has 17 heavy (non-hydrogen) atoms. The lowest BCUT2D eigenvalue weighted by Crippen LogP contribution is -2.18. The van der Waals surface area contributed by atoms with Gasteiger partial charge in [-0.05, 0) is 24.6 Å². The Labute approximate surface area is 108 Å². The van der Waals surface area contributed by atoms with Gasteiger partial charge in [-0.1, -0.05) is 15.9 Å². The Bertz CT molecular complexity index is 438. The van der Waals surface area contributed by atoms with Crippen molar-refractivity contribution in [1.82, 2.24) is 0 Å². The van der Waals surface area contributed by atoms with Gasteiger partial charge in [0.15, 0.2) is 0 Å². The number of rotatable bonds is 3. The Balaban J connectivity index is 2.33. The van der Waals surface area contributed by atoms with E-state index >= 15 is 0 Å². The molecule has 1 saturated heterocycles. The number of carboxylic acid groups (broad SMARTS) is 1. The van der Waals surface area contributed by atoms with Gasteiger partial charge >= 0.3 is 5.97 Å². The molecule has 0 saturated carbocycles. The molecule has 1 N–H and O–H groups in total. The third-order valence-electron chi connectivity index (χ3n) is 2.64. The first-order valence-corrected chi connectivity index (χ1v) is 6.15. The van der Waals surface area contributed by atoms with E-state index in [2.05, 4.69) is 15.9 Å². The van der Waals surface area contributed by atoms with Gasteiger partial charge in [-0.3, -0.25) is 0 Å². The molecule has 0 amide bonds. The van der Waals surface area contributed by atoms with Gasteiger partial charge in [-0.2, -0.15) is 0 Å². The Morgan fingerprint density at radius 2 is 2.35 bits per heavy atom. The van der Waals surface area contributed by atoms with E-state index in [4.69, 9.17) is 14.6 Å². The molecule has 1 heterocycles. The van der Waals surface area contributed by atoms with Crippen molar-refractivity contribution in [3.63, 3.8) is 0 Å². The molecular weight excluding hydrogens is 288 g/mol. The maximum Gasteiger partial charge on any atom is 0.339 e. The number of hydrogen-bond acceptors (Lipinski definition) is 3. The average molecular weight is 301 g/mol. The fraction of sp³-hybridized carbons (Fsp3) is 0.417.